The van der Waals surface area contributed by atoms with Crippen LogP contribution in [0.25, 0.3) is 0 Å². The number of likely N-dealkylation sites (tertiary alicyclic amines) is 1. The average molecular weight is 144 g/mol. The van der Waals surface area contributed by atoms with Crippen LogP contribution >= 0.6 is 0 Å². The summed E-state index contributed by atoms with van der Waals surface area (Å²) >= 11 is 0. The first-order valence-corrected chi connectivity index (χ1v) is 3.32. The number of ether oxygens (including phenoxy) is 1. The van der Waals surface area contributed by atoms with E-state index in [-0.39, 0.29) is 12.1 Å². The molecule has 0 radical (unpaired) electrons. The van der Waals surface area contributed by atoms with E-state index in [0.717, 1.165) is 13.0 Å². The predicted octanol–water partition coefficient (Wildman–Crippen LogP) is -0.214. The minimum Gasteiger partial charge on any atom is -0.453 e. The second-order valence-corrected chi connectivity index (χ2v) is 2.46. The Morgan fingerprint density at radius 1 is 1.80 bits per heavy atom. The van der Waals surface area contributed by atoms with Crippen LogP contribution in [-0.4, -0.2) is 37.2 Å². The summed E-state index contributed by atoms with van der Waals surface area (Å²) in [6, 6.07) is 0.138. The van der Waals surface area contributed by atoms with Crippen LogP contribution in [0, 0.1) is 0 Å². The van der Waals surface area contributed by atoms with Gasteiger partial charge in [-0.15, -0.1) is 0 Å². The molecule has 0 aromatic rings. The van der Waals surface area contributed by atoms with Crippen LogP contribution in [0.3, 0.4) is 0 Å². The van der Waals surface area contributed by atoms with Crippen LogP contribution in [0.5, 0.6) is 0 Å². The smallest absolute Gasteiger partial charge is 0.409 e. The van der Waals surface area contributed by atoms with Crippen molar-refractivity contribution in [1.29, 1.82) is 0 Å². The molecule has 1 fully saturated rings. The Hall–Kier alpha value is -0.770. The van der Waals surface area contributed by atoms with E-state index in [1.165, 1.54) is 7.11 Å². The first-order valence-electron chi connectivity index (χ1n) is 3.32. The number of nitrogens with two attached hydrogens (primary N) is 1. The van der Waals surface area contributed by atoms with Crippen molar-refractivity contribution in [3.05, 3.63) is 0 Å². The lowest BCUT2D eigenvalue weighted by Crippen LogP contribution is -2.31. The monoisotopic (exact) mass is 144 g/mol. The van der Waals surface area contributed by atoms with E-state index in [4.69, 9.17) is 5.73 Å². The summed E-state index contributed by atoms with van der Waals surface area (Å²) in [5.41, 5.74) is 5.57. The molecule has 1 aliphatic rings. The summed E-state index contributed by atoms with van der Waals surface area (Å²) < 4.78 is 4.51. The maximum atomic E-state index is 10.8. The molecule has 1 rings (SSSR count). The second-order valence-electron chi connectivity index (χ2n) is 2.46. The predicted molar refractivity (Wildman–Crippen MR) is 36.6 cm³/mol. The highest BCUT2D eigenvalue weighted by molar-refractivity contribution is 5.67. The minimum atomic E-state index is -0.270. The number of hydrogen-bond acceptors (Lipinski definition) is 3. The standard InChI is InChI=1S/C6H12N2O2/c1-10-6(9)8-3-2-5(7)4-8/h5H,2-4,7H2,1H3/t5-/m0/s1. The summed E-state index contributed by atoms with van der Waals surface area (Å²) in [5.74, 6) is 0. The highest BCUT2D eigenvalue weighted by Gasteiger charge is 2.23. The Labute approximate surface area is 59.9 Å². The molecule has 0 unspecified atom stereocenters. The first-order chi connectivity index (χ1) is 4.74. The molecule has 0 bridgehead atoms. The van der Waals surface area contributed by atoms with Crippen LogP contribution in [0.15, 0.2) is 0 Å². The van der Waals surface area contributed by atoms with Gasteiger partial charge in [0.25, 0.3) is 0 Å². The maximum Gasteiger partial charge on any atom is 0.409 e. The molecule has 0 saturated carbocycles. The van der Waals surface area contributed by atoms with Crippen molar-refractivity contribution in [2.75, 3.05) is 20.2 Å². The Bertz CT molecular complexity index is 138. The van der Waals surface area contributed by atoms with Crippen molar-refractivity contribution in [1.82, 2.24) is 4.90 Å². The van der Waals surface area contributed by atoms with Gasteiger partial charge in [-0.05, 0) is 6.42 Å². The van der Waals surface area contributed by atoms with Crippen molar-refractivity contribution in [2.24, 2.45) is 5.73 Å². The van der Waals surface area contributed by atoms with Crippen LogP contribution in [-0.2, 0) is 4.74 Å². The van der Waals surface area contributed by atoms with Crippen molar-refractivity contribution in [3.63, 3.8) is 0 Å². The average Bonchev–Trinajstić information content (AvgIpc) is 2.34. The van der Waals surface area contributed by atoms with Crippen LogP contribution in [0.2, 0.25) is 0 Å². The van der Waals surface area contributed by atoms with Gasteiger partial charge in [0.15, 0.2) is 0 Å². The number of hydrogen-bond donors (Lipinski definition) is 1. The number of carbonyl (C=O) groups excluding carboxylic acids is 1. The van der Waals surface area contributed by atoms with Crippen LogP contribution in [0.4, 0.5) is 4.79 Å². The van der Waals surface area contributed by atoms with Crippen LogP contribution in [0.1, 0.15) is 6.42 Å². The molecular weight excluding hydrogens is 132 g/mol. The number of carbonyl (C=O) groups is 1. The normalized spacial score (nSPS) is 25.0. The molecule has 2 N–H and O–H groups in total. The molecule has 1 atom stereocenters. The summed E-state index contributed by atoms with van der Waals surface area (Å²) in [7, 11) is 1.38. The van der Waals surface area contributed by atoms with Gasteiger partial charge in [0.1, 0.15) is 0 Å². The number of rotatable bonds is 0. The maximum absolute atomic E-state index is 10.8. The molecule has 0 aliphatic carbocycles. The SMILES string of the molecule is COC(=O)N1CC[C@H](N)C1. The van der Waals surface area contributed by atoms with Crippen molar-refractivity contribution < 1.29 is 9.53 Å². The van der Waals surface area contributed by atoms with Gasteiger partial charge in [-0.1, -0.05) is 0 Å². The second kappa shape index (κ2) is 2.88. The Morgan fingerprint density at radius 2 is 2.50 bits per heavy atom. The fraction of sp³-hybridized carbons (Fsp3) is 0.833. The molecule has 0 aromatic carbocycles. The number of amides is 1. The quantitative estimate of drug-likeness (QED) is 0.511. The number of nitrogens with zero attached hydrogens (tertiary/aromatic N) is 1. The van der Waals surface area contributed by atoms with Gasteiger partial charge in [0.05, 0.1) is 7.11 Å². The molecule has 10 heavy (non-hydrogen) atoms. The zero-order valence-electron chi connectivity index (χ0n) is 6.04. The fourth-order valence-corrected chi connectivity index (χ4v) is 1.08. The molecule has 1 amide bonds. The van der Waals surface area contributed by atoms with Gasteiger partial charge < -0.3 is 15.4 Å². The molecule has 1 heterocycles. The zero-order chi connectivity index (χ0) is 7.56. The Balaban J connectivity index is 2.37. The molecule has 58 valence electrons. The van der Waals surface area contributed by atoms with Gasteiger partial charge in [-0.25, -0.2) is 4.79 Å². The molecule has 4 nitrogen and oxygen atoms in total. The lowest BCUT2D eigenvalue weighted by molar-refractivity contribution is 0.132. The highest BCUT2D eigenvalue weighted by Crippen LogP contribution is 2.07. The van der Waals surface area contributed by atoms with Gasteiger partial charge in [-0.3, -0.25) is 0 Å². The third-order valence-corrected chi connectivity index (χ3v) is 1.66. The lowest BCUT2D eigenvalue weighted by Gasteiger charge is -2.12. The molecule has 1 aliphatic heterocycles. The van der Waals surface area contributed by atoms with E-state index in [1.54, 1.807) is 4.90 Å². The summed E-state index contributed by atoms with van der Waals surface area (Å²) in [4.78, 5) is 12.4. The van der Waals surface area contributed by atoms with Crippen molar-refractivity contribution >= 4 is 6.09 Å². The van der Waals surface area contributed by atoms with Crippen molar-refractivity contribution in [2.45, 2.75) is 12.5 Å². The van der Waals surface area contributed by atoms with Gasteiger partial charge >= 0.3 is 6.09 Å². The van der Waals surface area contributed by atoms with Gasteiger partial charge in [0, 0.05) is 19.1 Å². The molecule has 1 saturated heterocycles. The van der Waals surface area contributed by atoms with Crippen molar-refractivity contribution in [3.8, 4) is 0 Å². The van der Waals surface area contributed by atoms with E-state index in [1.807, 2.05) is 0 Å². The highest BCUT2D eigenvalue weighted by atomic mass is 16.5. The van der Waals surface area contributed by atoms with E-state index < -0.39 is 0 Å². The summed E-state index contributed by atoms with van der Waals surface area (Å²) in [5, 5.41) is 0. The molecule has 0 spiro atoms. The third-order valence-electron chi connectivity index (χ3n) is 1.66. The topological polar surface area (TPSA) is 55.6 Å². The number of methoxy groups -OCH3 is 1. The zero-order valence-corrected chi connectivity index (χ0v) is 6.04. The molecule has 0 aromatic heterocycles. The van der Waals surface area contributed by atoms with Gasteiger partial charge in [-0.2, -0.15) is 0 Å². The van der Waals surface area contributed by atoms with E-state index in [9.17, 15) is 4.79 Å². The van der Waals surface area contributed by atoms with Gasteiger partial charge in [0.2, 0.25) is 0 Å². The fourth-order valence-electron chi connectivity index (χ4n) is 1.08. The largest absolute Gasteiger partial charge is 0.453 e. The minimum absolute atomic E-state index is 0.138. The summed E-state index contributed by atoms with van der Waals surface area (Å²) in [6.45, 7) is 1.36. The van der Waals surface area contributed by atoms with E-state index in [2.05, 4.69) is 4.74 Å². The molecule has 4 heteroatoms. The summed E-state index contributed by atoms with van der Waals surface area (Å²) in [6.07, 6.45) is 0.614. The molecular formula is C6H12N2O2. The van der Waals surface area contributed by atoms with Crippen LogP contribution < -0.4 is 5.73 Å². The Morgan fingerprint density at radius 3 is 2.90 bits per heavy atom. The first kappa shape index (κ1) is 7.34. The van der Waals surface area contributed by atoms with E-state index >= 15 is 0 Å². The Kier molecular flexibility index (Phi) is 2.11. The third kappa shape index (κ3) is 1.39. The van der Waals surface area contributed by atoms with E-state index in [0.29, 0.717) is 6.54 Å². The lowest BCUT2D eigenvalue weighted by atomic mass is 10.3.